The topological polar surface area (TPSA) is 67.8 Å². The van der Waals surface area contributed by atoms with E-state index in [2.05, 4.69) is 11.5 Å². The second-order valence-electron chi connectivity index (χ2n) is 9.31. The Morgan fingerprint density at radius 2 is 2.00 bits per heavy atom. The second kappa shape index (κ2) is 8.68. The van der Waals surface area contributed by atoms with Crippen molar-refractivity contribution in [1.82, 2.24) is 14.9 Å². The van der Waals surface area contributed by atoms with Crippen LogP contribution >= 0.6 is 11.3 Å². The first kappa shape index (κ1) is 22.1. The molecule has 4 heterocycles. The number of rotatable bonds is 7. The van der Waals surface area contributed by atoms with Crippen LogP contribution in [-0.4, -0.2) is 41.5 Å². The molecule has 0 bridgehead atoms. The van der Waals surface area contributed by atoms with E-state index in [0.717, 1.165) is 47.9 Å². The highest BCUT2D eigenvalue weighted by atomic mass is 32.1. The van der Waals surface area contributed by atoms with Gasteiger partial charge in [0.1, 0.15) is 17.3 Å². The SMILES string of the molecule is C=Cc1cc2c(nc1N1CCc3nc(C4CC4)sc3C1)CN(Cc1ccc(OC)cc1OC)C2=O. The fraction of sp³-hybridized carbons (Fsp3) is 0.370. The number of anilines is 1. The zero-order valence-corrected chi connectivity index (χ0v) is 20.9. The molecular weight excluding hydrogens is 460 g/mol. The van der Waals surface area contributed by atoms with Gasteiger partial charge in [0.2, 0.25) is 0 Å². The van der Waals surface area contributed by atoms with Crippen LogP contribution in [0.3, 0.4) is 0 Å². The predicted octanol–water partition coefficient (Wildman–Crippen LogP) is 4.79. The van der Waals surface area contributed by atoms with Crippen molar-refractivity contribution in [2.24, 2.45) is 0 Å². The molecular formula is C27H28N4O3S. The van der Waals surface area contributed by atoms with Crippen LogP contribution in [0.5, 0.6) is 11.5 Å². The molecule has 0 unspecified atom stereocenters. The molecule has 1 aromatic carbocycles. The van der Waals surface area contributed by atoms with Gasteiger partial charge in [0.25, 0.3) is 5.91 Å². The van der Waals surface area contributed by atoms with Gasteiger partial charge in [-0.15, -0.1) is 11.3 Å². The smallest absolute Gasteiger partial charge is 0.256 e. The van der Waals surface area contributed by atoms with Gasteiger partial charge in [0, 0.05) is 41.0 Å². The van der Waals surface area contributed by atoms with Gasteiger partial charge >= 0.3 is 0 Å². The van der Waals surface area contributed by atoms with Crippen molar-refractivity contribution in [2.75, 3.05) is 25.7 Å². The lowest BCUT2D eigenvalue weighted by Gasteiger charge is -2.28. The first-order valence-corrected chi connectivity index (χ1v) is 12.8. The quantitative estimate of drug-likeness (QED) is 0.476. The molecule has 1 saturated carbocycles. The van der Waals surface area contributed by atoms with E-state index in [-0.39, 0.29) is 5.91 Å². The summed E-state index contributed by atoms with van der Waals surface area (Å²) in [7, 11) is 3.25. The molecule has 7 nitrogen and oxygen atoms in total. The van der Waals surface area contributed by atoms with Crippen molar-refractivity contribution in [3.8, 4) is 11.5 Å². The van der Waals surface area contributed by atoms with E-state index in [1.165, 1.54) is 28.4 Å². The van der Waals surface area contributed by atoms with Gasteiger partial charge < -0.3 is 19.3 Å². The van der Waals surface area contributed by atoms with E-state index in [4.69, 9.17) is 19.4 Å². The molecule has 1 aliphatic carbocycles. The van der Waals surface area contributed by atoms with E-state index in [9.17, 15) is 4.79 Å². The molecule has 3 aliphatic rings. The Morgan fingerprint density at radius 1 is 1.14 bits per heavy atom. The summed E-state index contributed by atoms with van der Waals surface area (Å²) in [5.74, 6) is 2.99. The van der Waals surface area contributed by atoms with Gasteiger partial charge in [-0.25, -0.2) is 9.97 Å². The molecule has 6 rings (SSSR count). The monoisotopic (exact) mass is 488 g/mol. The fourth-order valence-corrected chi connectivity index (χ4v) is 6.20. The summed E-state index contributed by atoms with van der Waals surface area (Å²) < 4.78 is 10.8. The Labute approximate surface area is 209 Å². The zero-order valence-electron chi connectivity index (χ0n) is 20.0. The summed E-state index contributed by atoms with van der Waals surface area (Å²) in [4.78, 5) is 28.7. The summed E-state index contributed by atoms with van der Waals surface area (Å²) in [5.41, 5.74) is 4.55. The number of benzene rings is 1. The maximum absolute atomic E-state index is 13.3. The predicted molar refractivity (Wildman–Crippen MR) is 136 cm³/mol. The maximum Gasteiger partial charge on any atom is 0.256 e. The second-order valence-corrected chi connectivity index (χ2v) is 10.4. The third kappa shape index (κ3) is 3.95. The number of thiazole rings is 1. The zero-order chi connectivity index (χ0) is 24.1. The van der Waals surface area contributed by atoms with Gasteiger partial charge in [-0.2, -0.15) is 0 Å². The number of methoxy groups -OCH3 is 2. The first-order chi connectivity index (χ1) is 17.1. The van der Waals surface area contributed by atoms with Crippen LogP contribution in [0.2, 0.25) is 0 Å². The molecule has 0 radical (unpaired) electrons. The van der Waals surface area contributed by atoms with Crippen molar-refractivity contribution in [3.05, 3.63) is 68.8 Å². The molecule has 2 aliphatic heterocycles. The third-order valence-electron chi connectivity index (χ3n) is 7.02. The average Bonchev–Trinajstić information content (AvgIpc) is 3.58. The lowest BCUT2D eigenvalue weighted by molar-refractivity contribution is 0.0765. The highest BCUT2D eigenvalue weighted by Crippen LogP contribution is 2.44. The number of ether oxygens (including phenoxy) is 2. The fourth-order valence-electron chi connectivity index (χ4n) is 4.91. The minimum atomic E-state index is -0.0162. The summed E-state index contributed by atoms with van der Waals surface area (Å²) in [5, 5.41) is 1.30. The van der Waals surface area contributed by atoms with Gasteiger partial charge in [-0.3, -0.25) is 4.79 Å². The molecule has 2 aromatic heterocycles. The van der Waals surface area contributed by atoms with Crippen LogP contribution in [0.1, 0.15) is 61.5 Å². The molecule has 8 heteroatoms. The van der Waals surface area contributed by atoms with Crippen LogP contribution in [-0.2, 0) is 26.1 Å². The van der Waals surface area contributed by atoms with Crippen LogP contribution in [0.25, 0.3) is 6.08 Å². The highest BCUT2D eigenvalue weighted by Gasteiger charge is 2.33. The number of carbonyl (C=O) groups is 1. The summed E-state index contributed by atoms with van der Waals surface area (Å²) >= 11 is 1.86. The van der Waals surface area contributed by atoms with Crippen LogP contribution < -0.4 is 14.4 Å². The number of fused-ring (bicyclic) bond motifs is 2. The molecule has 1 fully saturated rings. The number of aromatic nitrogens is 2. The largest absolute Gasteiger partial charge is 0.497 e. The number of amides is 1. The van der Waals surface area contributed by atoms with E-state index in [0.29, 0.717) is 30.3 Å². The molecule has 0 spiro atoms. The van der Waals surface area contributed by atoms with Crippen LogP contribution in [0, 0.1) is 0 Å². The number of carbonyl (C=O) groups excluding carboxylic acids is 1. The number of nitrogens with zero attached hydrogens (tertiary/aromatic N) is 4. The number of hydrogen-bond acceptors (Lipinski definition) is 7. The van der Waals surface area contributed by atoms with E-state index in [1.54, 1.807) is 14.2 Å². The van der Waals surface area contributed by atoms with Crippen molar-refractivity contribution in [2.45, 2.75) is 44.8 Å². The summed E-state index contributed by atoms with van der Waals surface area (Å²) in [6.07, 6.45) is 5.28. The molecule has 3 aromatic rings. The Kier molecular flexibility index (Phi) is 5.48. The minimum absolute atomic E-state index is 0.0162. The Balaban J connectivity index is 1.26. The lowest BCUT2D eigenvalue weighted by atomic mass is 10.1. The van der Waals surface area contributed by atoms with Gasteiger partial charge in [-0.1, -0.05) is 12.7 Å². The molecule has 35 heavy (non-hydrogen) atoms. The Bertz CT molecular complexity index is 1330. The van der Waals surface area contributed by atoms with Crippen LogP contribution in [0.15, 0.2) is 30.8 Å². The molecule has 180 valence electrons. The van der Waals surface area contributed by atoms with E-state index in [1.807, 2.05) is 46.6 Å². The summed E-state index contributed by atoms with van der Waals surface area (Å²) in [6.45, 7) is 6.61. The number of hydrogen-bond donors (Lipinski definition) is 0. The van der Waals surface area contributed by atoms with Gasteiger partial charge in [0.15, 0.2) is 0 Å². The Hall–Kier alpha value is -3.39. The van der Waals surface area contributed by atoms with E-state index >= 15 is 0 Å². The Morgan fingerprint density at radius 3 is 2.74 bits per heavy atom. The number of pyridine rings is 1. The average molecular weight is 489 g/mol. The highest BCUT2D eigenvalue weighted by molar-refractivity contribution is 7.11. The molecule has 0 saturated heterocycles. The standard InChI is InChI=1S/C27H28N4O3S/c1-4-16-11-20-22(14-31(27(20)32)13-18-7-8-19(33-2)12-23(18)34-3)28-25(16)30-10-9-21-24(15-30)35-26(29-21)17-5-6-17/h4,7-8,11-12,17H,1,5-6,9-10,13-15H2,2-3H3. The van der Waals surface area contributed by atoms with Gasteiger partial charge in [0.05, 0.1) is 55.8 Å². The van der Waals surface area contributed by atoms with E-state index < -0.39 is 0 Å². The molecule has 0 N–H and O–H groups in total. The van der Waals surface area contributed by atoms with Crippen molar-refractivity contribution in [3.63, 3.8) is 0 Å². The van der Waals surface area contributed by atoms with Crippen molar-refractivity contribution in [1.29, 1.82) is 0 Å². The lowest BCUT2D eigenvalue weighted by Crippen LogP contribution is -2.31. The molecule has 0 atom stereocenters. The van der Waals surface area contributed by atoms with Crippen molar-refractivity contribution >= 4 is 29.1 Å². The maximum atomic E-state index is 13.3. The normalized spacial score (nSPS) is 16.8. The first-order valence-electron chi connectivity index (χ1n) is 12.0. The summed E-state index contributed by atoms with van der Waals surface area (Å²) in [6, 6.07) is 7.62. The molecule has 1 amide bonds. The van der Waals surface area contributed by atoms with Crippen LogP contribution in [0.4, 0.5) is 5.82 Å². The van der Waals surface area contributed by atoms with Gasteiger partial charge in [-0.05, 0) is 31.0 Å². The van der Waals surface area contributed by atoms with Crippen molar-refractivity contribution < 1.29 is 14.3 Å². The minimum Gasteiger partial charge on any atom is -0.497 e. The third-order valence-corrected chi connectivity index (χ3v) is 8.26.